The molecule has 0 bridgehead atoms. The van der Waals surface area contributed by atoms with E-state index in [4.69, 9.17) is 4.74 Å². The molecular formula is C22H28N2O4. The number of amides is 3. The zero-order chi connectivity index (χ0) is 19.9. The minimum absolute atomic E-state index is 0.125. The van der Waals surface area contributed by atoms with Crippen molar-refractivity contribution in [2.75, 3.05) is 19.7 Å². The topological polar surface area (TPSA) is 75.7 Å². The maximum absolute atomic E-state index is 12.4. The predicted octanol–water partition coefficient (Wildman–Crippen LogP) is 2.48. The second-order valence-corrected chi connectivity index (χ2v) is 7.23. The highest BCUT2D eigenvalue weighted by Crippen LogP contribution is 2.34. The number of hydrogen-bond donors (Lipinski definition) is 1. The quantitative estimate of drug-likeness (QED) is 0.403. The summed E-state index contributed by atoms with van der Waals surface area (Å²) in [5.41, 5.74) is 1.13. The summed E-state index contributed by atoms with van der Waals surface area (Å²) in [7, 11) is 0. The third kappa shape index (κ3) is 4.61. The summed E-state index contributed by atoms with van der Waals surface area (Å²) in [4.78, 5) is 38.2. The highest BCUT2D eigenvalue weighted by molar-refractivity contribution is 6.05. The van der Waals surface area contributed by atoms with Gasteiger partial charge in [-0.15, -0.1) is 0 Å². The molecule has 1 aromatic carbocycles. The lowest BCUT2D eigenvalue weighted by Crippen LogP contribution is -2.35. The molecule has 0 radical (unpaired) electrons. The highest BCUT2D eigenvalue weighted by atomic mass is 16.5. The number of nitrogens with one attached hydrogen (secondary N) is 1. The number of rotatable bonds is 9. The van der Waals surface area contributed by atoms with Gasteiger partial charge in [0.25, 0.3) is 0 Å². The Hall–Kier alpha value is -2.63. The first-order valence-corrected chi connectivity index (χ1v) is 10.1. The van der Waals surface area contributed by atoms with Crippen LogP contribution in [0.4, 0.5) is 0 Å². The van der Waals surface area contributed by atoms with Gasteiger partial charge in [0.1, 0.15) is 5.75 Å². The molecule has 1 aliphatic carbocycles. The van der Waals surface area contributed by atoms with Gasteiger partial charge in [0.15, 0.2) is 0 Å². The molecule has 3 rings (SSSR count). The summed E-state index contributed by atoms with van der Waals surface area (Å²) < 4.78 is 5.61. The molecule has 0 saturated carbocycles. The number of carbonyl (C=O) groups excluding carboxylic acids is 3. The van der Waals surface area contributed by atoms with Gasteiger partial charge < -0.3 is 10.1 Å². The molecule has 2 atom stereocenters. The zero-order valence-electron chi connectivity index (χ0n) is 16.4. The van der Waals surface area contributed by atoms with E-state index in [0.29, 0.717) is 26.0 Å². The first-order valence-electron chi connectivity index (χ1n) is 10.1. The number of nitrogens with zero attached hydrogens (tertiary/aromatic N) is 1. The Bertz CT molecular complexity index is 733. The van der Waals surface area contributed by atoms with Crippen LogP contribution in [0.15, 0.2) is 36.4 Å². The molecular weight excluding hydrogens is 356 g/mol. The Balaban J connectivity index is 1.39. The zero-order valence-corrected chi connectivity index (χ0v) is 16.4. The number of benzene rings is 1. The SMILES string of the molecule is CCOc1ccccc1CCCNC(=O)CCN1C(=O)[C@H]2CC=CC[C@H]2C1=O. The fourth-order valence-corrected chi connectivity index (χ4v) is 3.90. The van der Waals surface area contributed by atoms with E-state index in [2.05, 4.69) is 5.32 Å². The van der Waals surface area contributed by atoms with Crippen molar-refractivity contribution in [3.05, 3.63) is 42.0 Å². The molecule has 0 spiro atoms. The summed E-state index contributed by atoms with van der Waals surface area (Å²) in [6.07, 6.45) is 6.95. The van der Waals surface area contributed by atoms with Crippen LogP contribution in [0.5, 0.6) is 5.75 Å². The minimum Gasteiger partial charge on any atom is -0.494 e. The van der Waals surface area contributed by atoms with Gasteiger partial charge in [-0.05, 0) is 44.2 Å². The second-order valence-electron chi connectivity index (χ2n) is 7.23. The predicted molar refractivity (Wildman–Crippen MR) is 106 cm³/mol. The molecule has 1 fully saturated rings. The van der Waals surface area contributed by atoms with Crippen LogP contribution in [-0.2, 0) is 20.8 Å². The number of carbonyl (C=O) groups is 3. The van der Waals surface area contributed by atoms with Crippen LogP contribution < -0.4 is 10.1 Å². The van der Waals surface area contributed by atoms with Crippen molar-refractivity contribution in [3.63, 3.8) is 0 Å². The average Bonchev–Trinajstić information content (AvgIpc) is 2.95. The van der Waals surface area contributed by atoms with Crippen molar-refractivity contribution in [1.29, 1.82) is 0 Å². The third-order valence-electron chi connectivity index (χ3n) is 5.38. The van der Waals surface area contributed by atoms with Crippen LogP contribution >= 0.6 is 0 Å². The van der Waals surface area contributed by atoms with Gasteiger partial charge in [0.05, 0.1) is 18.4 Å². The van der Waals surface area contributed by atoms with E-state index in [1.165, 1.54) is 4.90 Å². The standard InChI is InChI=1S/C22H28N2O4/c1-2-28-19-12-6-3-8-16(19)9-7-14-23-20(25)13-15-24-21(26)17-10-4-5-11-18(17)22(24)27/h3-6,8,12,17-18H,2,7,9-11,13-15H2,1H3,(H,23,25)/t17-,18+. The fraction of sp³-hybridized carbons (Fsp3) is 0.500. The van der Waals surface area contributed by atoms with Gasteiger partial charge in [-0.3, -0.25) is 19.3 Å². The Labute approximate surface area is 165 Å². The van der Waals surface area contributed by atoms with Crippen LogP contribution in [0.1, 0.15) is 38.2 Å². The van der Waals surface area contributed by atoms with E-state index >= 15 is 0 Å². The lowest BCUT2D eigenvalue weighted by molar-refractivity contribution is -0.140. The summed E-state index contributed by atoms with van der Waals surface area (Å²) in [6, 6.07) is 7.91. The summed E-state index contributed by atoms with van der Waals surface area (Å²) in [5.74, 6) is 0.0429. The maximum atomic E-state index is 12.4. The largest absolute Gasteiger partial charge is 0.494 e. The third-order valence-corrected chi connectivity index (χ3v) is 5.38. The highest BCUT2D eigenvalue weighted by Gasteiger charge is 2.46. The van der Waals surface area contributed by atoms with Gasteiger partial charge in [0.2, 0.25) is 17.7 Å². The molecule has 1 N–H and O–H groups in total. The van der Waals surface area contributed by atoms with Crippen molar-refractivity contribution in [1.82, 2.24) is 10.2 Å². The number of hydrogen-bond acceptors (Lipinski definition) is 4. The van der Waals surface area contributed by atoms with Gasteiger partial charge in [-0.2, -0.15) is 0 Å². The summed E-state index contributed by atoms with van der Waals surface area (Å²) >= 11 is 0. The lowest BCUT2D eigenvalue weighted by Gasteiger charge is -2.14. The molecule has 1 aromatic rings. The van der Waals surface area contributed by atoms with E-state index in [1.54, 1.807) is 0 Å². The van der Waals surface area contributed by atoms with Gasteiger partial charge >= 0.3 is 0 Å². The van der Waals surface area contributed by atoms with Crippen LogP contribution in [0.3, 0.4) is 0 Å². The molecule has 1 saturated heterocycles. The van der Waals surface area contributed by atoms with Crippen LogP contribution in [0.2, 0.25) is 0 Å². The van der Waals surface area contributed by atoms with E-state index in [9.17, 15) is 14.4 Å². The molecule has 1 heterocycles. The van der Waals surface area contributed by atoms with Crippen LogP contribution in [0, 0.1) is 11.8 Å². The molecule has 6 heteroatoms. The maximum Gasteiger partial charge on any atom is 0.233 e. The normalized spacial score (nSPS) is 21.0. The van der Waals surface area contributed by atoms with Crippen LogP contribution in [0.25, 0.3) is 0 Å². The Kier molecular flexibility index (Phi) is 6.85. The monoisotopic (exact) mass is 384 g/mol. The van der Waals surface area contributed by atoms with Crippen molar-refractivity contribution in [3.8, 4) is 5.75 Å². The van der Waals surface area contributed by atoms with Crippen LogP contribution in [-0.4, -0.2) is 42.3 Å². The number of likely N-dealkylation sites (tertiary alicyclic amines) is 1. The lowest BCUT2D eigenvalue weighted by atomic mass is 9.85. The minimum atomic E-state index is -0.231. The van der Waals surface area contributed by atoms with Gasteiger partial charge in [-0.25, -0.2) is 0 Å². The Morgan fingerprint density at radius 2 is 1.82 bits per heavy atom. The number of ether oxygens (including phenoxy) is 1. The number of para-hydroxylation sites is 1. The molecule has 6 nitrogen and oxygen atoms in total. The van der Waals surface area contributed by atoms with Gasteiger partial charge in [-0.1, -0.05) is 30.4 Å². The molecule has 1 aliphatic heterocycles. The summed E-state index contributed by atoms with van der Waals surface area (Å²) in [5, 5.41) is 2.88. The van der Waals surface area contributed by atoms with E-state index in [1.807, 2.05) is 43.3 Å². The molecule has 28 heavy (non-hydrogen) atoms. The number of imide groups is 1. The first-order chi connectivity index (χ1) is 13.6. The number of allylic oxidation sites excluding steroid dienone is 2. The molecule has 0 unspecified atom stereocenters. The van der Waals surface area contributed by atoms with Crippen molar-refractivity contribution < 1.29 is 19.1 Å². The summed E-state index contributed by atoms with van der Waals surface area (Å²) in [6.45, 7) is 3.30. The molecule has 2 aliphatic rings. The van der Waals surface area contributed by atoms with Crippen molar-refractivity contribution >= 4 is 17.7 Å². The fourth-order valence-electron chi connectivity index (χ4n) is 3.90. The first kappa shape index (κ1) is 20.1. The second kappa shape index (κ2) is 9.53. The molecule has 150 valence electrons. The molecule has 0 aromatic heterocycles. The average molecular weight is 384 g/mol. The van der Waals surface area contributed by atoms with E-state index < -0.39 is 0 Å². The van der Waals surface area contributed by atoms with Crippen molar-refractivity contribution in [2.24, 2.45) is 11.8 Å². The Morgan fingerprint density at radius 3 is 2.50 bits per heavy atom. The van der Waals surface area contributed by atoms with E-state index in [0.717, 1.165) is 24.2 Å². The van der Waals surface area contributed by atoms with E-state index in [-0.39, 0.29) is 42.5 Å². The smallest absolute Gasteiger partial charge is 0.233 e. The number of fused-ring (bicyclic) bond motifs is 1. The molecule has 3 amide bonds. The number of aryl methyl sites for hydroxylation is 1. The van der Waals surface area contributed by atoms with Crippen molar-refractivity contribution in [2.45, 2.75) is 39.0 Å². The van der Waals surface area contributed by atoms with Gasteiger partial charge in [0, 0.05) is 19.5 Å². The Morgan fingerprint density at radius 1 is 1.14 bits per heavy atom.